The number of Topliss-reactive ketones (excluding diaryl/α,β-unsaturated/α-hetero) is 1. The Labute approximate surface area is 384 Å². The van der Waals surface area contributed by atoms with E-state index in [0.29, 0.717) is 58.1 Å². The monoisotopic (exact) mass is 910 g/mol. The van der Waals surface area contributed by atoms with E-state index in [4.69, 9.17) is 44.7 Å². The van der Waals surface area contributed by atoms with Gasteiger partial charge in [-0.1, -0.05) is 50.6 Å². The van der Waals surface area contributed by atoms with Crippen LogP contribution in [0.15, 0.2) is 65.8 Å². The number of halogens is 1. The van der Waals surface area contributed by atoms with E-state index in [9.17, 15) is 19.2 Å². The molecular formula is C50H59ClN4O10. The number of nitrogens with one attached hydrogen (secondary N) is 1. The first-order valence-corrected chi connectivity index (χ1v) is 22.9. The smallest absolute Gasteiger partial charge is 0.312 e. The first-order chi connectivity index (χ1) is 31.0. The van der Waals surface area contributed by atoms with Gasteiger partial charge in [0.05, 0.1) is 55.8 Å². The zero-order valence-electron chi connectivity index (χ0n) is 38.2. The van der Waals surface area contributed by atoms with Crippen molar-refractivity contribution in [1.82, 2.24) is 14.9 Å². The Hall–Kier alpha value is -5.63. The number of aromatic nitrogens is 2. The topological polar surface area (TPSA) is 169 Å². The molecular weight excluding hydrogens is 852 g/mol. The molecule has 2 aromatic heterocycles. The molecule has 8 atom stereocenters. The summed E-state index contributed by atoms with van der Waals surface area (Å²) < 4.78 is 35.2. The van der Waals surface area contributed by atoms with E-state index in [2.05, 4.69) is 16.9 Å². The van der Waals surface area contributed by atoms with Gasteiger partial charge in [-0.3, -0.25) is 19.2 Å². The lowest BCUT2D eigenvalue weighted by Crippen LogP contribution is -2.48. The van der Waals surface area contributed by atoms with E-state index in [1.54, 1.807) is 30.2 Å². The van der Waals surface area contributed by atoms with E-state index in [0.717, 1.165) is 24.2 Å². The molecule has 3 heterocycles. The number of rotatable bonds is 18. The molecule has 1 amide bonds. The second-order valence-corrected chi connectivity index (χ2v) is 19.9. The highest BCUT2D eigenvalue weighted by molar-refractivity contribution is 6.36. The summed E-state index contributed by atoms with van der Waals surface area (Å²) in [6.07, 6.45) is 5.51. The fourth-order valence-corrected chi connectivity index (χ4v) is 9.91. The number of pyridine rings is 1. The molecule has 1 aliphatic heterocycles. The van der Waals surface area contributed by atoms with Crippen LogP contribution in [-0.2, 0) is 35.3 Å². The molecule has 4 aliphatic rings. The predicted molar refractivity (Wildman–Crippen MR) is 244 cm³/mol. The lowest BCUT2D eigenvalue weighted by Gasteiger charge is -2.35. The molecule has 15 heteroatoms. The molecule has 0 bridgehead atoms. The number of carbonyl (C=O) groups excluding carboxylic acids is 4. The van der Waals surface area contributed by atoms with Crippen molar-refractivity contribution < 1.29 is 47.3 Å². The highest BCUT2D eigenvalue weighted by Crippen LogP contribution is 2.57. The molecule has 0 spiro atoms. The average molecular weight is 911 g/mol. The normalized spacial score (nSPS) is 24.8. The van der Waals surface area contributed by atoms with Crippen LogP contribution in [0.4, 0.5) is 6.01 Å². The Morgan fingerprint density at radius 1 is 0.985 bits per heavy atom. The lowest BCUT2D eigenvalue weighted by atomic mass is 9.77. The molecule has 4 fully saturated rings. The van der Waals surface area contributed by atoms with Crippen LogP contribution < -0.4 is 19.5 Å². The van der Waals surface area contributed by atoms with Gasteiger partial charge in [-0.05, 0) is 92.5 Å². The molecule has 65 heavy (non-hydrogen) atoms. The molecule has 1 saturated heterocycles. The van der Waals surface area contributed by atoms with Crippen LogP contribution in [0, 0.1) is 34.5 Å². The van der Waals surface area contributed by atoms with Gasteiger partial charge in [0, 0.05) is 30.3 Å². The molecule has 14 nitrogen and oxygen atoms in total. The summed E-state index contributed by atoms with van der Waals surface area (Å²) in [5, 5.41) is 3.96. The number of esters is 2. The molecule has 1 N–H and O–H groups in total. The lowest BCUT2D eigenvalue weighted by molar-refractivity contribution is -0.157. The first kappa shape index (κ1) is 45.9. The van der Waals surface area contributed by atoms with Crippen LogP contribution in [0.3, 0.4) is 0 Å². The molecule has 4 aromatic rings. The number of hydrogen-bond acceptors (Lipinski definition) is 13. The van der Waals surface area contributed by atoms with Gasteiger partial charge < -0.3 is 38.3 Å². The van der Waals surface area contributed by atoms with E-state index in [1.807, 2.05) is 65.0 Å². The summed E-state index contributed by atoms with van der Waals surface area (Å²) in [5.74, 6) is 0.153. The number of carbonyl (C=O) groups is 4. The zero-order chi connectivity index (χ0) is 46.4. The third-order valence-electron chi connectivity index (χ3n) is 13.5. The summed E-state index contributed by atoms with van der Waals surface area (Å²) in [4.78, 5) is 67.3. The molecule has 346 valence electrons. The minimum atomic E-state index is -1.06. The number of anilines is 1. The predicted octanol–water partition coefficient (Wildman–Crippen LogP) is 9.02. The number of methoxy groups -OCH3 is 2. The van der Waals surface area contributed by atoms with E-state index in [-0.39, 0.29) is 67.2 Å². The summed E-state index contributed by atoms with van der Waals surface area (Å²) in [7, 11) is 2.91. The van der Waals surface area contributed by atoms with E-state index >= 15 is 0 Å². The second kappa shape index (κ2) is 18.3. The molecule has 0 radical (unpaired) electrons. The number of hydrogen-bond donors (Lipinski definition) is 1. The van der Waals surface area contributed by atoms with Gasteiger partial charge in [0.1, 0.15) is 53.0 Å². The van der Waals surface area contributed by atoms with Crippen molar-refractivity contribution in [2.24, 2.45) is 34.5 Å². The number of amides is 1. The number of nitrogens with zero attached hydrogens (tertiary/aromatic N) is 3. The number of likely N-dealkylation sites (tertiary alicyclic amines) is 1. The molecule has 2 aromatic carbocycles. The zero-order valence-corrected chi connectivity index (χ0v) is 38.9. The minimum absolute atomic E-state index is 0.0291. The molecule has 8 rings (SSSR count). The van der Waals surface area contributed by atoms with Gasteiger partial charge in [0.15, 0.2) is 5.78 Å². The van der Waals surface area contributed by atoms with Crippen LogP contribution in [0.2, 0.25) is 5.02 Å². The van der Waals surface area contributed by atoms with Crippen molar-refractivity contribution in [3.63, 3.8) is 0 Å². The number of fused-ring (bicyclic) bond motifs is 2. The van der Waals surface area contributed by atoms with Gasteiger partial charge in [0.2, 0.25) is 5.91 Å². The summed E-state index contributed by atoms with van der Waals surface area (Å²) >= 11 is 7.12. The third kappa shape index (κ3) is 9.83. The first-order valence-electron chi connectivity index (χ1n) is 22.5. The van der Waals surface area contributed by atoms with Gasteiger partial charge in [-0.15, -0.1) is 6.58 Å². The molecule has 3 saturated carbocycles. The SMILES string of the molecule is C=C[C@@H]1C[C@]1(CC(=O)[C@@H]1C[C@@H](Oc2cc(-c3coc(NC(C)C)n3)nc3c(Cl)c(OCc4ccc(OC)cc4)ccc23)CN1C(=O)[C@@H](CC(=O)OC1C[C@@H]2C[C@@H]2C1)C(C)(C)C)C(=O)OC. The largest absolute Gasteiger partial charge is 0.497 e. The number of ether oxygens (including phenoxy) is 5. The number of benzene rings is 2. The van der Waals surface area contributed by atoms with Gasteiger partial charge >= 0.3 is 11.9 Å². The maximum Gasteiger partial charge on any atom is 0.312 e. The van der Waals surface area contributed by atoms with E-state index < -0.39 is 40.8 Å². The minimum Gasteiger partial charge on any atom is -0.497 e. The van der Waals surface area contributed by atoms with Crippen molar-refractivity contribution >= 4 is 52.1 Å². The fraction of sp³-hybridized carbons (Fsp3) is 0.520. The van der Waals surface area contributed by atoms with Crippen LogP contribution in [-0.4, -0.2) is 83.6 Å². The highest BCUT2D eigenvalue weighted by Gasteiger charge is 2.61. The maximum atomic E-state index is 15.0. The van der Waals surface area contributed by atoms with Gasteiger partial charge in [-0.2, -0.15) is 4.98 Å². The fourth-order valence-electron chi connectivity index (χ4n) is 9.65. The van der Waals surface area contributed by atoms with Crippen LogP contribution >= 0.6 is 11.6 Å². The van der Waals surface area contributed by atoms with Gasteiger partial charge in [0.25, 0.3) is 6.01 Å². The summed E-state index contributed by atoms with van der Waals surface area (Å²) in [6.45, 7) is 13.8. The van der Waals surface area contributed by atoms with Crippen molar-refractivity contribution in [2.45, 2.75) is 110 Å². The Bertz CT molecular complexity index is 2450. The van der Waals surface area contributed by atoms with Gasteiger partial charge in [-0.25, -0.2) is 4.98 Å². The Balaban J connectivity index is 1.11. The van der Waals surface area contributed by atoms with Crippen LogP contribution in [0.5, 0.6) is 17.2 Å². The average Bonchev–Trinajstić information content (AvgIpc) is 3.94. The van der Waals surface area contributed by atoms with Crippen molar-refractivity contribution in [3.8, 4) is 28.6 Å². The highest BCUT2D eigenvalue weighted by atomic mass is 35.5. The Morgan fingerprint density at radius 3 is 2.37 bits per heavy atom. The third-order valence-corrected chi connectivity index (χ3v) is 13.9. The van der Waals surface area contributed by atoms with E-state index in [1.165, 1.54) is 19.8 Å². The van der Waals surface area contributed by atoms with Crippen molar-refractivity contribution in [1.29, 1.82) is 0 Å². The Kier molecular flexibility index (Phi) is 13.0. The number of allylic oxidation sites excluding steroid dienone is 1. The second-order valence-electron chi connectivity index (χ2n) is 19.5. The quantitative estimate of drug-likeness (QED) is 0.0742. The van der Waals surface area contributed by atoms with Crippen molar-refractivity contribution in [2.75, 3.05) is 26.1 Å². The number of ketones is 1. The van der Waals surface area contributed by atoms with Crippen LogP contribution in [0.25, 0.3) is 22.3 Å². The standard InChI is InChI=1S/C50H59ClN4O10/c1-9-31-22-50(31,47(59)61-8)23-40(56)39-19-34(24-55(39)46(58)36(49(4,5)6)20-43(57)65-33-17-29-16-30(29)18-33)64-42-21-37(38-26-63-48(54-38)52-27(2)3)53-45-35(42)14-15-41(44(45)51)62-25-28-10-12-32(60-7)13-11-28/h9-15,21,26-27,29-31,33-34,36,39H,1,16-20,22-25H2,2-8H3,(H,52,54)/t29-,30+,31-,33?,34-,36-,39+,50-/m1/s1. The van der Waals surface area contributed by atoms with Crippen molar-refractivity contribution in [3.05, 3.63) is 72.0 Å². The summed E-state index contributed by atoms with van der Waals surface area (Å²) in [5.41, 5.74) is 0.370. The van der Waals surface area contributed by atoms with Crippen LogP contribution in [0.1, 0.15) is 85.1 Å². The summed E-state index contributed by atoms with van der Waals surface area (Å²) in [6, 6.07) is 12.2. The molecule has 1 unspecified atom stereocenters. The maximum absolute atomic E-state index is 15.0. The Morgan fingerprint density at radius 2 is 1.72 bits per heavy atom. The molecule has 3 aliphatic carbocycles. The number of oxazole rings is 1.